The molecule has 0 radical (unpaired) electrons. The molecule has 6 nitrogen and oxygen atoms in total. The SMILES string of the molecule is CC(c1ccccc1)(c1ccc(C(=O)c2ccccc2)[nH]1)c1ccc(/C(c2ccccc2)=c2\cc/c(=C(/C3=NC(=O)C=C3)c3ccccc3)[nH]2)[nH]1. The lowest BCUT2D eigenvalue weighted by atomic mass is 9.77. The number of allylic oxidation sites excluding steroid dienone is 1. The van der Waals surface area contributed by atoms with Crippen LogP contribution in [0.2, 0.25) is 0 Å². The van der Waals surface area contributed by atoms with Crippen molar-refractivity contribution in [3.8, 4) is 0 Å². The van der Waals surface area contributed by atoms with Crippen LogP contribution < -0.4 is 10.7 Å². The molecule has 3 N–H and O–H groups in total. The highest BCUT2D eigenvalue weighted by Gasteiger charge is 2.35. The lowest BCUT2D eigenvalue weighted by molar-refractivity contribution is -0.113. The largest absolute Gasteiger partial charge is 0.357 e. The van der Waals surface area contributed by atoms with Crippen LogP contribution in [0.25, 0.3) is 11.1 Å². The molecule has 1 aliphatic rings. The highest BCUT2D eigenvalue weighted by Crippen LogP contribution is 2.39. The number of aliphatic imine (C=N–C) groups is 1. The Balaban J connectivity index is 1.30. The molecule has 4 aromatic carbocycles. The second kappa shape index (κ2) is 13.3. The van der Waals surface area contributed by atoms with Crippen molar-refractivity contribution in [1.29, 1.82) is 0 Å². The van der Waals surface area contributed by atoms with E-state index in [0.717, 1.165) is 55.6 Å². The second-order valence-corrected chi connectivity index (χ2v) is 12.7. The molecular weight excluding hydrogens is 629 g/mol. The summed E-state index contributed by atoms with van der Waals surface area (Å²) < 4.78 is 0. The summed E-state index contributed by atoms with van der Waals surface area (Å²) in [5.74, 6) is -0.317. The van der Waals surface area contributed by atoms with Gasteiger partial charge in [-0.2, -0.15) is 0 Å². The van der Waals surface area contributed by atoms with Crippen LogP contribution in [-0.2, 0) is 10.2 Å². The molecule has 1 atom stereocenters. The predicted molar refractivity (Wildman–Crippen MR) is 202 cm³/mol. The first-order chi connectivity index (χ1) is 25.0. The molecule has 0 bridgehead atoms. The smallest absolute Gasteiger partial charge is 0.270 e. The minimum absolute atomic E-state index is 0.0539. The summed E-state index contributed by atoms with van der Waals surface area (Å²) in [6, 6.07) is 52.2. The van der Waals surface area contributed by atoms with Gasteiger partial charge in [0, 0.05) is 50.6 Å². The summed E-state index contributed by atoms with van der Waals surface area (Å²) in [6.45, 7) is 2.17. The minimum Gasteiger partial charge on any atom is -0.357 e. The molecule has 8 rings (SSSR count). The number of amides is 1. The van der Waals surface area contributed by atoms with Gasteiger partial charge < -0.3 is 15.0 Å². The van der Waals surface area contributed by atoms with Gasteiger partial charge in [0.25, 0.3) is 5.91 Å². The number of carbonyl (C=O) groups is 2. The van der Waals surface area contributed by atoms with Gasteiger partial charge in [0.1, 0.15) is 0 Å². The first-order valence-corrected chi connectivity index (χ1v) is 16.9. The summed E-state index contributed by atoms with van der Waals surface area (Å²) >= 11 is 0. The molecule has 1 amide bonds. The number of benzene rings is 4. The van der Waals surface area contributed by atoms with E-state index in [1.54, 1.807) is 6.08 Å². The van der Waals surface area contributed by atoms with Gasteiger partial charge in [0.2, 0.25) is 5.78 Å². The van der Waals surface area contributed by atoms with Gasteiger partial charge in [0.05, 0.1) is 16.8 Å². The van der Waals surface area contributed by atoms with Crippen LogP contribution in [0, 0.1) is 0 Å². The minimum atomic E-state index is -0.648. The zero-order valence-electron chi connectivity index (χ0n) is 27.9. The Kier molecular flexibility index (Phi) is 8.18. The van der Waals surface area contributed by atoms with Crippen LogP contribution >= 0.6 is 0 Å². The Morgan fingerprint density at radius 3 is 1.57 bits per heavy atom. The molecular formula is C45H34N4O2. The van der Waals surface area contributed by atoms with Gasteiger partial charge in [-0.15, -0.1) is 0 Å². The van der Waals surface area contributed by atoms with Gasteiger partial charge in [-0.25, -0.2) is 4.99 Å². The normalized spacial score (nSPS) is 14.9. The molecule has 51 heavy (non-hydrogen) atoms. The van der Waals surface area contributed by atoms with Gasteiger partial charge >= 0.3 is 0 Å². The first-order valence-electron chi connectivity index (χ1n) is 16.9. The Hall–Kier alpha value is -6.79. The fourth-order valence-electron chi connectivity index (χ4n) is 6.90. The molecule has 7 aromatic rings. The van der Waals surface area contributed by atoms with Crippen LogP contribution in [0.4, 0.5) is 0 Å². The van der Waals surface area contributed by atoms with Crippen LogP contribution in [0.15, 0.2) is 175 Å². The topological polar surface area (TPSA) is 93.9 Å². The summed E-state index contributed by atoms with van der Waals surface area (Å²) in [5, 5.41) is 1.76. The highest BCUT2D eigenvalue weighted by atomic mass is 16.1. The van der Waals surface area contributed by atoms with E-state index >= 15 is 0 Å². The standard InChI is InChI=1S/C45H34N4O2/c1-45(33-20-12-5-13-21-33,40-28-25-38(48-40)44(51)32-18-10-4-11-19-32)39-27-24-36(47-39)42(30-14-6-2-7-15-30)34-22-23-35(46-34)43(31-16-8-3-9-17-31)37-26-29-41(50)49-37/h2-29,46-48H,1H3/b42-34+,43-35-. The van der Waals surface area contributed by atoms with E-state index in [0.29, 0.717) is 17.0 Å². The number of aromatic amines is 3. The van der Waals surface area contributed by atoms with Gasteiger partial charge in [-0.05, 0) is 66.1 Å². The molecule has 4 heterocycles. The number of nitrogens with one attached hydrogen (secondary N) is 3. The van der Waals surface area contributed by atoms with Gasteiger partial charge in [-0.3, -0.25) is 9.59 Å². The number of H-pyrrole nitrogens is 3. The molecule has 1 aliphatic heterocycles. The molecule has 3 aromatic heterocycles. The molecule has 0 saturated carbocycles. The molecule has 1 unspecified atom stereocenters. The van der Waals surface area contributed by atoms with E-state index in [9.17, 15) is 9.59 Å². The van der Waals surface area contributed by atoms with Gasteiger partial charge in [0.15, 0.2) is 0 Å². The van der Waals surface area contributed by atoms with Crippen molar-refractivity contribution in [2.45, 2.75) is 12.3 Å². The predicted octanol–water partition coefficient (Wildman–Crippen LogP) is 7.24. The van der Waals surface area contributed by atoms with Gasteiger partial charge in [-0.1, -0.05) is 121 Å². The highest BCUT2D eigenvalue weighted by molar-refractivity contribution is 6.34. The molecule has 0 aliphatic carbocycles. The molecule has 0 saturated heterocycles. The zero-order chi connectivity index (χ0) is 34.8. The maximum Gasteiger partial charge on any atom is 0.270 e. The van der Waals surface area contributed by atoms with E-state index in [-0.39, 0.29) is 11.7 Å². The zero-order valence-corrected chi connectivity index (χ0v) is 27.9. The number of rotatable bonds is 9. The Morgan fingerprint density at radius 2 is 1.00 bits per heavy atom. The van der Waals surface area contributed by atoms with Crippen molar-refractivity contribution in [3.05, 3.63) is 226 Å². The Bertz CT molecular complexity index is 2560. The van der Waals surface area contributed by atoms with Crippen molar-refractivity contribution in [1.82, 2.24) is 15.0 Å². The van der Waals surface area contributed by atoms with E-state index in [1.807, 2.05) is 115 Å². The van der Waals surface area contributed by atoms with E-state index < -0.39 is 5.41 Å². The maximum absolute atomic E-state index is 13.4. The molecule has 246 valence electrons. The second-order valence-electron chi connectivity index (χ2n) is 12.7. The third-order valence-electron chi connectivity index (χ3n) is 9.57. The third kappa shape index (κ3) is 5.93. The summed E-state index contributed by atoms with van der Waals surface area (Å²) in [5.41, 5.74) is 8.84. The quantitative estimate of drug-likeness (QED) is 0.142. The Labute approximate surface area is 295 Å². The molecule has 0 spiro atoms. The van der Waals surface area contributed by atoms with Crippen molar-refractivity contribution in [2.24, 2.45) is 4.99 Å². The van der Waals surface area contributed by atoms with Crippen molar-refractivity contribution in [3.63, 3.8) is 0 Å². The van der Waals surface area contributed by atoms with Crippen molar-refractivity contribution >= 4 is 28.5 Å². The average Bonchev–Trinajstić information content (AvgIpc) is 4.03. The maximum atomic E-state index is 13.4. The Morgan fingerprint density at radius 1 is 0.510 bits per heavy atom. The number of hydrogen-bond donors (Lipinski definition) is 3. The number of carbonyl (C=O) groups excluding carboxylic acids is 2. The fraction of sp³-hybridized carbons (Fsp3) is 0.0444. The van der Waals surface area contributed by atoms with E-state index in [4.69, 9.17) is 0 Å². The lowest BCUT2D eigenvalue weighted by Gasteiger charge is -2.29. The summed E-state index contributed by atoms with van der Waals surface area (Å²) in [7, 11) is 0. The number of aromatic nitrogens is 3. The molecule has 6 heteroatoms. The van der Waals surface area contributed by atoms with E-state index in [2.05, 4.69) is 69.3 Å². The third-order valence-corrected chi connectivity index (χ3v) is 9.57. The monoisotopic (exact) mass is 662 g/mol. The summed E-state index contributed by atoms with van der Waals surface area (Å²) in [4.78, 5) is 40.9. The number of ketones is 1. The van der Waals surface area contributed by atoms with Crippen molar-refractivity contribution in [2.75, 3.05) is 0 Å². The van der Waals surface area contributed by atoms with E-state index in [1.165, 1.54) is 6.08 Å². The van der Waals surface area contributed by atoms with Crippen LogP contribution in [0.1, 0.15) is 56.7 Å². The van der Waals surface area contributed by atoms with Crippen LogP contribution in [0.5, 0.6) is 0 Å². The van der Waals surface area contributed by atoms with Crippen LogP contribution in [0.3, 0.4) is 0 Å². The number of hydrogen-bond acceptors (Lipinski definition) is 2. The number of nitrogens with zero attached hydrogens (tertiary/aromatic N) is 1. The van der Waals surface area contributed by atoms with Crippen molar-refractivity contribution < 1.29 is 9.59 Å². The van der Waals surface area contributed by atoms with Crippen LogP contribution in [-0.4, -0.2) is 32.4 Å². The average molecular weight is 663 g/mol. The summed E-state index contributed by atoms with van der Waals surface area (Å²) in [6.07, 6.45) is 3.27. The molecule has 0 fully saturated rings. The lowest BCUT2D eigenvalue weighted by Crippen LogP contribution is -2.26. The first kappa shape index (κ1) is 31.5. The fourth-order valence-corrected chi connectivity index (χ4v) is 6.90.